The van der Waals surface area contributed by atoms with Crippen LogP contribution in [0.3, 0.4) is 0 Å². The van der Waals surface area contributed by atoms with E-state index in [2.05, 4.69) is 10.1 Å². The molecule has 170 valence electrons. The van der Waals surface area contributed by atoms with Gasteiger partial charge in [-0.2, -0.15) is 15.1 Å². The molecule has 34 heavy (non-hydrogen) atoms. The standard InChI is InChI=1S/C25H20N4O3S2/c26-22-20(23(30)27-25-29(22)28-24(34-25)21-8-4-15-33-21)16-17-9-11-19(12-10-17)32-14-5-13-31-18-6-2-1-3-7-18/h1-4,6-12,15-16,26H,5,13-14H2/b20-16-,26-22?. The minimum absolute atomic E-state index is 0.0211. The minimum Gasteiger partial charge on any atom is -0.493 e. The Bertz CT molecular complexity index is 1280. The van der Waals surface area contributed by atoms with Crippen LogP contribution in [0, 0.1) is 5.41 Å². The Kier molecular flexibility index (Phi) is 6.55. The van der Waals surface area contributed by atoms with Crippen LogP contribution >= 0.6 is 23.1 Å². The van der Waals surface area contributed by atoms with Crippen LogP contribution in [-0.2, 0) is 4.79 Å². The van der Waals surface area contributed by atoms with Crippen LogP contribution in [0.25, 0.3) is 6.08 Å². The average Bonchev–Trinajstić information content (AvgIpc) is 3.53. The number of ether oxygens (including phenoxy) is 2. The van der Waals surface area contributed by atoms with Crippen LogP contribution in [0.4, 0.5) is 0 Å². The molecule has 3 heterocycles. The van der Waals surface area contributed by atoms with Crippen LogP contribution in [-0.4, -0.2) is 40.2 Å². The molecule has 0 bridgehead atoms. The van der Waals surface area contributed by atoms with Crippen LogP contribution in [0.1, 0.15) is 16.9 Å². The normalized spacial score (nSPS) is 16.4. The van der Waals surface area contributed by atoms with Gasteiger partial charge in [0.2, 0.25) is 5.17 Å². The van der Waals surface area contributed by atoms with Gasteiger partial charge in [0.15, 0.2) is 5.84 Å². The lowest BCUT2D eigenvalue weighted by Crippen LogP contribution is -2.35. The molecular formula is C25H20N4O3S2. The van der Waals surface area contributed by atoms with E-state index in [4.69, 9.17) is 14.9 Å². The highest BCUT2D eigenvalue weighted by atomic mass is 32.2. The Morgan fingerprint density at radius 3 is 2.38 bits per heavy atom. The van der Waals surface area contributed by atoms with Gasteiger partial charge in [0, 0.05) is 6.42 Å². The number of benzene rings is 2. The number of hydrogen-bond acceptors (Lipinski definition) is 7. The fourth-order valence-electron chi connectivity index (χ4n) is 3.27. The number of amides is 1. The molecule has 9 heteroatoms. The Balaban J connectivity index is 1.18. The van der Waals surface area contributed by atoms with Crippen molar-refractivity contribution in [3.63, 3.8) is 0 Å². The Morgan fingerprint density at radius 2 is 1.68 bits per heavy atom. The molecule has 0 unspecified atom stereocenters. The van der Waals surface area contributed by atoms with E-state index >= 15 is 0 Å². The van der Waals surface area contributed by atoms with E-state index in [1.54, 1.807) is 17.4 Å². The summed E-state index contributed by atoms with van der Waals surface area (Å²) in [5, 5.41) is 17.5. The van der Waals surface area contributed by atoms with E-state index in [-0.39, 0.29) is 11.4 Å². The van der Waals surface area contributed by atoms with E-state index < -0.39 is 5.91 Å². The van der Waals surface area contributed by atoms with Crippen molar-refractivity contribution in [1.82, 2.24) is 5.01 Å². The molecule has 0 aliphatic carbocycles. The van der Waals surface area contributed by atoms with Crippen LogP contribution in [0.5, 0.6) is 11.5 Å². The molecule has 2 aromatic carbocycles. The van der Waals surface area contributed by atoms with Gasteiger partial charge in [0.1, 0.15) is 16.5 Å². The second-order valence-corrected chi connectivity index (χ2v) is 9.24. The highest BCUT2D eigenvalue weighted by Crippen LogP contribution is 2.32. The highest BCUT2D eigenvalue weighted by Gasteiger charge is 2.36. The first-order valence-corrected chi connectivity index (χ1v) is 12.3. The van der Waals surface area contributed by atoms with Gasteiger partial charge in [-0.25, -0.2) is 0 Å². The first-order valence-electron chi connectivity index (χ1n) is 10.6. The topological polar surface area (TPSA) is 87.3 Å². The monoisotopic (exact) mass is 488 g/mol. The molecule has 0 saturated carbocycles. The second kappa shape index (κ2) is 10.1. The maximum atomic E-state index is 12.6. The third kappa shape index (κ3) is 4.95. The summed E-state index contributed by atoms with van der Waals surface area (Å²) in [6.07, 6.45) is 2.42. The maximum absolute atomic E-state index is 12.6. The number of hydrazone groups is 1. The quantitative estimate of drug-likeness (QED) is 0.345. The van der Waals surface area contributed by atoms with Crippen LogP contribution in [0.15, 0.2) is 87.8 Å². The summed E-state index contributed by atoms with van der Waals surface area (Å²) in [6, 6.07) is 21.0. The predicted molar refractivity (Wildman–Crippen MR) is 137 cm³/mol. The predicted octanol–water partition coefficient (Wildman–Crippen LogP) is 5.26. The summed E-state index contributed by atoms with van der Waals surface area (Å²) >= 11 is 2.86. The van der Waals surface area contributed by atoms with Gasteiger partial charge in [0.25, 0.3) is 5.91 Å². The summed E-state index contributed by atoms with van der Waals surface area (Å²) in [4.78, 5) is 17.7. The molecule has 0 fully saturated rings. The maximum Gasteiger partial charge on any atom is 0.283 e. The third-order valence-electron chi connectivity index (χ3n) is 4.95. The van der Waals surface area contributed by atoms with Gasteiger partial charge in [0.05, 0.1) is 23.7 Å². The number of amidine groups is 2. The third-order valence-corrected chi connectivity index (χ3v) is 6.89. The second-order valence-electron chi connectivity index (χ2n) is 7.34. The van der Waals surface area contributed by atoms with Gasteiger partial charge in [-0.05, 0) is 59.1 Å². The number of carbonyl (C=O) groups is 1. The number of para-hydroxylation sites is 1. The van der Waals surface area contributed by atoms with Gasteiger partial charge < -0.3 is 9.47 Å². The number of rotatable bonds is 8. The first kappa shape index (κ1) is 22.1. The van der Waals surface area contributed by atoms with Crippen molar-refractivity contribution in [2.24, 2.45) is 10.1 Å². The summed E-state index contributed by atoms with van der Waals surface area (Å²) in [7, 11) is 0. The van der Waals surface area contributed by atoms with Crippen molar-refractivity contribution in [2.45, 2.75) is 6.42 Å². The van der Waals surface area contributed by atoms with Gasteiger partial charge in [-0.1, -0.05) is 36.4 Å². The fraction of sp³-hybridized carbons (Fsp3) is 0.120. The molecule has 0 radical (unpaired) electrons. The molecule has 2 aliphatic heterocycles. The van der Waals surface area contributed by atoms with E-state index in [0.29, 0.717) is 18.4 Å². The zero-order valence-electron chi connectivity index (χ0n) is 18.0. The molecule has 0 saturated heterocycles. The smallest absolute Gasteiger partial charge is 0.283 e. The molecule has 0 spiro atoms. The molecular weight excluding hydrogens is 468 g/mol. The SMILES string of the molecule is N=C1/C(=C/c2ccc(OCCCOc3ccccc3)cc2)C(=O)N=C2SC(c3cccs3)=NN12. The van der Waals surface area contributed by atoms with Crippen molar-refractivity contribution < 1.29 is 14.3 Å². The summed E-state index contributed by atoms with van der Waals surface area (Å²) in [5.41, 5.74) is 0.980. The highest BCUT2D eigenvalue weighted by molar-refractivity contribution is 8.27. The molecule has 0 atom stereocenters. The van der Waals surface area contributed by atoms with Crippen LogP contribution < -0.4 is 9.47 Å². The lowest BCUT2D eigenvalue weighted by molar-refractivity contribution is -0.114. The Morgan fingerprint density at radius 1 is 0.941 bits per heavy atom. The number of fused-ring (bicyclic) bond motifs is 1. The largest absolute Gasteiger partial charge is 0.493 e. The van der Waals surface area contributed by atoms with E-state index in [0.717, 1.165) is 33.4 Å². The van der Waals surface area contributed by atoms with Gasteiger partial charge >= 0.3 is 0 Å². The molecule has 1 N–H and O–H groups in total. The van der Waals surface area contributed by atoms with Crippen molar-refractivity contribution in [1.29, 1.82) is 5.41 Å². The molecule has 3 aromatic rings. The van der Waals surface area contributed by atoms with Crippen molar-refractivity contribution in [2.75, 3.05) is 13.2 Å². The lowest BCUT2D eigenvalue weighted by atomic mass is 10.1. The van der Waals surface area contributed by atoms with Crippen molar-refractivity contribution in [3.8, 4) is 11.5 Å². The van der Waals surface area contributed by atoms with E-state index in [1.165, 1.54) is 16.8 Å². The number of nitrogens with zero attached hydrogens (tertiary/aromatic N) is 3. The Hall–Kier alpha value is -3.69. The number of hydrogen-bond donors (Lipinski definition) is 1. The van der Waals surface area contributed by atoms with Gasteiger partial charge in [-0.15, -0.1) is 11.3 Å². The zero-order chi connectivity index (χ0) is 23.3. The molecule has 2 aliphatic rings. The van der Waals surface area contributed by atoms with Crippen molar-refractivity contribution >= 4 is 51.1 Å². The number of thiophene rings is 1. The summed E-state index contributed by atoms with van der Waals surface area (Å²) in [5.74, 6) is 1.16. The molecule has 1 amide bonds. The zero-order valence-corrected chi connectivity index (χ0v) is 19.6. The number of nitrogens with one attached hydrogen (secondary N) is 1. The number of thioether (sulfide) groups is 1. The Labute approximate surface area is 204 Å². The van der Waals surface area contributed by atoms with E-state index in [9.17, 15) is 4.79 Å². The average molecular weight is 489 g/mol. The molecule has 7 nitrogen and oxygen atoms in total. The fourth-order valence-corrected chi connectivity index (χ4v) is 4.96. The molecule has 5 rings (SSSR count). The van der Waals surface area contributed by atoms with Gasteiger partial charge in [-0.3, -0.25) is 10.2 Å². The molecule has 1 aromatic heterocycles. The summed E-state index contributed by atoms with van der Waals surface area (Å²) < 4.78 is 11.4. The number of aliphatic imine (C=N–C) groups is 1. The lowest BCUT2D eigenvalue weighted by Gasteiger charge is -2.20. The van der Waals surface area contributed by atoms with Crippen molar-refractivity contribution in [3.05, 3.63) is 88.1 Å². The minimum atomic E-state index is -0.440. The first-order chi connectivity index (χ1) is 16.7. The summed E-state index contributed by atoms with van der Waals surface area (Å²) in [6.45, 7) is 1.11. The van der Waals surface area contributed by atoms with E-state index in [1.807, 2.05) is 72.1 Å². The van der Waals surface area contributed by atoms with Crippen LogP contribution in [0.2, 0.25) is 0 Å². The number of carbonyl (C=O) groups excluding carboxylic acids is 1.